The van der Waals surface area contributed by atoms with Crippen molar-refractivity contribution in [2.24, 2.45) is 5.92 Å². The van der Waals surface area contributed by atoms with E-state index in [1.807, 2.05) is 0 Å². The average Bonchev–Trinajstić information content (AvgIpc) is 3.09. The van der Waals surface area contributed by atoms with Crippen molar-refractivity contribution in [1.82, 2.24) is 19.9 Å². The zero-order valence-corrected chi connectivity index (χ0v) is 18.1. The Balaban J connectivity index is 1.89. The number of nitrogens with zero attached hydrogens (tertiary/aromatic N) is 1. The molecule has 2 aromatic carbocycles. The minimum atomic E-state index is -4.22. The zero-order chi connectivity index (χ0) is 23.3. The number of sulfone groups is 1. The van der Waals surface area contributed by atoms with E-state index in [0.717, 1.165) is 0 Å². The van der Waals surface area contributed by atoms with E-state index in [0.29, 0.717) is 24.0 Å². The molecule has 0 aliphatic carbocycles. The number of fused-ring (bicyclic) bond motifs is 2. The van der Waals surface area contributed by atoms with Crippen LogP contribution in [0, 0.1) is 5.92 Å². The van der Waals surface area contributed by atoms with Gasteiger partial charge in [-0.05, 0) is 31.5 Å². The third-order valence-electron chi connectivity index (χ3n) is 6.19. The van der Waals surface area contributed by atoms with Gasteiger partial charge in [-0.25, -0.2) is 8.42 Å². The number of aromatic amines is 2. The smallest absolute Gasteiger partial charge is 0.266 e. The SMILES string of the molecule is O=c1c2[nH]cc[nH]c2c(=O)c2c(=O)n(C(C3CCCNC3)S(=O)(=O)c3ccccc3)c(=O)c12. The third kappa shape index (κ3) is 3.15. The number of hydrogen-bond acceptors (Lipinski definition) is 7. The van der Waals surface area contributed by atoms with Gasteiger partial charge in [0, 0.05) is 24.9 Å². The molecule has 10 nitrogen and oxygen atoms in total. The summed E-state index contributed by atoms with van der Waals surface area (Å²) in [5.74, 6) is -0.607. The van der Waals surface area contributed by atoms with Crippen LogP contribution in [0.4, 0.5) is 0 Å². The number of piperidine rings is 1. The molecule has 0 spiro atoms. The zero-order valence-electron chi connectivity index (χ0n) is 17.3. The van der Waals surface area contributed by atoms with Gasteiger partial charge in [0.25, 0.3) is 11.1 Å². The second-order valence-electron chi connectivity index (χ2n) is 8.12. The lowest BCUT2D eigenvalue weighted by molar-refractivity contribution is 0.313. The van der Waals surface area contributed by atoms with Gasteiger partial charge in [-0.3, -0.25) is 23.7 Å². The predicted molar refractivity (Wildman–Crippen MR) is 123 cm³/mol. The van der Waals surface area contributed by atoms with Crippen molar-refractivity contribution < 1.29 is 8.42 Å². The van der Waals surface area contributed by atoms with Crippen molar-refractivity contribution in [2.75, 3.05) is 13.1 Å². The number of rotatable bonds is 4. The van der Waals surface area contributed by atoms with Crippen LogP contribution in [0.3, 0.4) is 0 Å². The van der Waals surface area contributed by atoms with Gasteiger partial charge in [0.05, 0.1) is 4.90 Å². The summed E-state index contributed by atoms with van der Waals surface area (Å²) in [6, 6.07) is 7.55. The highest BCUT2D eigenvalue weighted by molar-refractivity contribution is 7.91. The van der Waals surface area contributed by atoms with Crippen molar-refractivity contribution >= 4 is 31.6 Å². The molecule has 0 bridgehead atoms. The van der Waals surface area contributed by atoms with Crippen LogP contribution in [-0.2, 0) is 9.84 Å². The Labute approximate surface area is 186 Å². The summed E-state index contributed by atoms with van der Waals surface area (Å²) in [7, 11) is -4.22. The highest BCUT2D eigenvalue weighted by Crippen LogP contribution is 2.33. The quantitative estimate of drug-likeness (QED) is 0.390. The molecule has 170 valence electrons. The number of benzene rings is 2. The Hall–Kier alpha value is -3.57. The first-order valence-electron chi connectivity index (χ1n) is 10.5. The van der Waals surface area contributed by atoms with Gasteiger partial charge in [0.15, 0.2) is 15.2 Å². The van der Waals surface area contributed by atoms with Crippen LogP contribution in [0.25, 0.3) is 21.8 Å². The van der Waals surface area contributed by atoms with E-state index in [1.54, 1.807) is 18.2 Å². The van der Waals surface area contributed by atoms with E-state index in [1.165, 1.54) is 24.5 Å². The van der Waals surface area contributed by atoms with Gasteiger partial charge >= 0.3 is 0 Å². The summed E-state index contributed by atoms with van der Waals surface area (Å²) < 4.78 is 28.0. The second kappa shape index (κ2) is 7.78. The molecule has 4 aromatic rings. The molecule has 0 saturated carbocycles. The predicted octanol–water partition coefficient (Wildman–Crippen LogP) is 0.301. The molecule has 3 heterocycles. The van der Waals surface area contributed by atoms with Gasteiger partial charge in [0.1, 0.15) is 21.8 Å². The first kappa shape index (κ1) is 21.3. The molecule has 0 radical (unpaired) electrons. The van der Waals surface area contributed by atoms with E-state index in [-0.39, 0.29) is 22.5 Å². The van der Waals surface area contributed by atoms with Crippen molar-refractivity contribution in [1.29, 1.82) is 0 Å². The molecule has 0 amide bonds. The summed E-state index contributed by atoms with van der Waals surface area (Å²) in [5.41, 5.74) is -4.07. The topological polar surface area (TPSA) is 151 Å². The fourth-order valence-electron chi connectivity index (χ4n) is 4.68. The molecule has 33 heavy (non-hydrogen) atoms. The normalized spacial score (nSPS) is 18.0. The molecule has 2 unspecified atom stereocenters. The lowest BCUT2D eigenvalue weighted by Crippen LogP contribution is -2.44. The molecule has 1 aliphatic heterocycles. The van der Waals surface area contributed by atoms with E-state index in [9.17, 15) is 27.6 Å². The van der Waals surface area contributed by atoms with Crippen molar-refractivity contribution in [3.63, 3.8) is 0 Å². The summed E-state index contributed by atoms with van der Waals surface area (Å²) in [4.78, 5) is 58.2. The first-order valence-corrected chi connectivity index (χ1v) is 12.0. The Morgan fingerprint density at radius 2 is 1.45 bits per heavy atom. The monoisotopic (exact) mass is 468 g/mol. The molecular formula is C22H20N4O6S. The van der Waals surface area contributed by atoms with Gasteiger partial charge in [-0.1, -0.05) is 18.2 Å². The van der Waals surface area contributed by atoms with Crippen LogP contribution in [0.5, 0.6) is 0 Å². The van der Waals surface area contributed by atoms with E-state index >= 15 is 0 Å². The highest BCUT2D eigenvalue weighted by Gasteiger charge is 2.40. The van der Waals surface area contributed by atoms with E-state index in [4.69, 9.17) is 0 Å². The van der Waals surface area contributed by atoms with Crippen LogP contribution in [0.15, 0.2) is 66.8 Å². The first-order chi connectivity index (χ1) is 15.8. The Bertz CT molecular complexity index is 1620. The maximum Gasteiger partial charge on any atom is 0.266 e. The Kier molecular flexibility index (Phi) is 5.02. The summed E-state index contributed by atoms with van der Waals surface area (Å²) >= 11 is 0. The molecule has 1 fully saturated rings. The van der Waals surface area contributed by atoms with E-state index < -0.39 is 53.9 Å². The van der Waals surface area contributed by atoms with E-state index in [2.05, 4.69) is 15.3 Å². The van der Waals surface area contributed by atoms with Gasteiger partial charge in [-0.15, -0.1) is 0 Å². The third-order valence-corrected chi connectivity index (χ3v) is 8.36. The second-order valence-corrected chi connectivity index (χ2v) is 10.2. The highest BCUT2D eigenvalue weighted by atomic mass is 32.2. The fraction of sp³-hybridized carbons (Fsp3) is 0.273. The summed E-state index contributed by atoms with van der Waals surface area (Å²) in [6.45, 7) is 0.950. The lowest BCUT2D eigenvalue weighted by Gasteiger charge is -2.30. The minimum Gasteiger partial charge on any atom is -0.355 e. The maximum atomic E-state index is 13.7. The molecular weight excluding hydrogens is 448 g/mol. The Morgan fingerprint density at radius 1 is 0.879 bits per heavy atom. The Morgan fingerprint density at radius 3 is 1.97 bits per heavy atom. The molecule has 3 N–H and O–H groups in total. The summed E-state index contributed by atoms with van der Waals surface area (Å²) in [6.07, 6.45) is 3.87. The summed E-state index contributed by atoms with van der Waals surface area (Å²) in [5, 5.41) is 0.371. The largest absolute Gasteiger partial charge is 0.355 e. The van der Waals surface area contributed by atoms with Crippen molar-refractivity contribution in [3.05, 3.63) is 83.9 Å². The van der Waals surface area contributed by atoms with Crippen LogP contribution in [0.1, 0.15) is 18.2 Å². The number of hydrogen-bond donors (Lipinski definition) is 3. The maximum absolute atomic E-state index is 13.7. The standard InChI is InChI=1S/C22H20N4O6S/c27-18-14-15(19(28)17-16(18)24-9-10-25-17)21(30)26(20(14)29)22(12-5-4-8-23-11-12)33(31,32)13-6-2-1-3-7-13/h1-3,6-7,9-10,12,22-25H,4-5,8,11H2. The molecule has 11 heteroatoms. The lowest BCUT2D eigenvalue weighted by atomic mass is 9.99. The average molecular weight is 468 g/mol. The van der Waals surface area contributed by atoms with Gasteiger partial charge in [-0.2, -0.15) is 0 Å². The fourth-order valence-corrected chi connectivity index (χ4v) is 6.70. The van der Waals surface area contributed by atoms with Gasteiger partial charge in [0.2, 0.25) is 10.9 Å². The number of nitrogens with one attached hydrogen (secondary N) is 3. The molecule has 2 atom stereocenters. The molecule has 5 rings (SSSR count). The molecule has 1 saturated heterocycles. The molecule has 1 aliphatic rings. The number of H-pyrrole nitrogens is 2. The van der Waals surface area contributed by atoms with Crippen LogP contribution < -0.4 is 27.3 Å². The minimum absolute atomic E-state index is 0.0475. The van der Waals surface area contributed by atoms with Gasteiger partial charge < -0.3 is 15.3 Å². The van der Waals surface area contributed by atoms with Crippen LogP contribution >= 0.6 is 0 Å². The van der Waals surface area contributed by atoms with Crippen LogP contribution in [0.2, 0.25) is 0 Å². The molecule has 2 aromatic heterocycles. The van der Waals surface area contributed by atoms with Crippen LogP contribution in [-0.4, -0.2) is 36.0 Å². The van der Waals surface area contributed by atoms with Crippen molar-refractivity contribution in [2.45, 2.75) is 23.1 Å². The number of aromatic nitrogens is 3. The van der Waals surface area contributed by atoms with Crippen molar-refractivity contribution in [3.8, 4) is 0 Å².